The fraction of sp³-hybridized carbons (Fsp3) is 0.640. The average molecular weight is 443 g/mol. The quantitative estimate of drug-likeness (QED) is 0.597. The number of nitrogens with one attached hydrogen (secondary N) is 1. The Morgan fingerprint density at radius 3 is 2.50 bits per heavy atom. The summed E-state index contributed by atoms with van der Waals surface area (Å²) in [5.74, 6) is 0.0805. The lowest BCUT2D eigenvalue weighted by Crippen LogP contribution is -2.58. The first kappa shape index (κ1) is 24.2. The molecule has 1 aromatic rings. The standard InChI is InChI=1S/C25H38N4O3/c1-5-9-22(30)28-16-12-21(13-17-28)25(18-20-11-7-6-10-19(20)2)23(31)29(24(32)26-25)15-8-14-27(3)4/h6-7,10-11,21H,5,8-9,12-18H2,1-4H3,(H,26,32)/t25-/m0/s1. The van der Waals surface area contributed by atoms with Gasteiger partial charge in [-0.2, -0.15) is 0 Å². The van der Waals surface area contributed by atoms with E-state index >= 15 is 0 Å². The molecular formula is C25H38N4O3. The van der Waals surface area contributed by atoms with Crippen LogP contribution in [0.25, 0.3) is 0 Å². The van der Waals surface area contributed by atoms with Crippen LogP contribution < -0.4 is 5.32 Å². The highest BCUT2D eigenvalue weighted by molar-refractivity contribution is 6.07. The molecule has 32 heavy (non-hydrogen) atoms. The van der Waals surface area contributed by atoms with E-state index in [1.54, 1.807) is 0 Å². The van der Waals surface area contributed by atoms with Crippen LogP contribution in [0.5, 0.6) is 0 Å². The van der Waals surface area contributed by atoms with E-state index in [9.17, 15) is 14.4 Å². The summed E-state index contributed by atoms with van der Waals surface area (Å²) in [6.07, 6.45) is 4.08. The van der Waals surface area contributed by atoms with Gasteiger partial charge >= 0.3 is 6.03 Å². The zero-order chi connectivity index (χ0) is 23.3. The second kappa shape index (κ2) is 10.5. The largest absolute Gasteiger partial charge is 0.343 e. The summed E-state index contributed by atoms with van der Waals surface area (Å²) < 4.78 is 0. The van der Waals surface area contributed by atoms with Gasteiger partial charge in [0.1, 0.15) is 5.54 Å². The number of nitrogens with zero attached hydrogens (tertiary/aromatic N) is 3. The maximum atomic E-state index is 13.8. The summed E-state index contributed by atoms with van der Waals surface area (Å²) in [5, 5.41) is 3.14. The van der Waals surface area contributed by atoms with Crippen molar-refractivity contribution in [2.45, 2.75) is 57.9 Å². The molecule has 0 spiro atoms. The van der Waals surface area contributed by atoms with Crippen molar-refractivity contribution in [2.24, 2.45) is 5.92 Å². The Hall–Kier alpha value is -2.41. The van der Waals surface area contributed by atoms with Crippen LogP contribution in [0.2, 0.25) is 0 Å². The lowest BCUT2D eigenvalue weighted by molar-refractivity contribution is -0.136. The smallest absolute Gasteiger partial charge is 0.325 e. The van der Waals surface area contributed by atoms with E-state index in [2.05, 4.69) is 10.2 Å². The van der Waals surface area contributed by atoms with Crippen LogP contribution in [-0.4, -0.2) is 78.4 Å². The topological polar surface area (TPSA) is 73.0 Å². The fourth-order valence-corrected chi connectivity index (χ4v) is 5.04. The molecule has 0 saturated carbocycles. The van der Waals surface area contributed by atoms with Gasteiger partial charge in [0, 0.05) is 32.5 Å². The molecule has 1 N–H and O–H groups in total. The van der Waals surface area contributed by atoms with Gasteiger partial charge in [-0.1, -0.05) is 31.2 Å². The first-order chi connectivity index (χ1) is 15.3. The van der Waals surface area contributed by atoms with Gasteiger partial charge in [-0.3, -0.25) is 14.5 Å². The summed E-state index contributed by atoms with van der Waals surface area (Å²) in [4.78, 5) is 44.5. The Kier molecular flexibility index (Phi) is 7.93. The summed E-state index contributed by atoms with van der Waals surface area (Å²) in [5.41, 5.74) is 1.26. The van der Waals surface area contributed by atoms with Crippen LogP contribution in [0.15, 0.2) is 24.3 Å². The van der Waals surface area contributed by atoms with Gasteiger partial charge < -0.3 is 15.1 Å². The monoisotopic (exact) mass is 442 g/mol. The third-order valence-corrected chi connectivity index (χ3v) is 6.93. The second-order valence-electron chi connectivity index (χ2n) is 9.52. The number of piperidine rings is 1. The average Bonchev–Trinajstić information content (AvgIpc) is 3.00. The zero-order valence-corrected chi connectivity index (χ0v) is 20.0. The molecule has 2 aliphatic rings. The number of hydrogen-bond acceptors (Lipinski definition) is 4. The molecule has 176 valence electrons. The first-order valence-electron chi connectivity index (χ1n) is 11.9. The maximum absolute atomic E-state index is 13.8. The first-order valence-corrected chi connectivity index (χ1v) is 11.9. The van der Waals surface area contributed by atoms with E-state index in [4.69, 9.17) is 0 Å². The van der Waals surface area contributed by atoms with E-state index in [1.807, 2.05) is 57.1 Å². The second-order valence-corrected chi connectivity index (χ2v) is 9.52. The number of urea groups is 1. The van der Waals surface area contributed by atoms with Crippen molar-refractivity contribution in [1.82, 2.24) is 20.0 Å². The molecule has 2 fully saturated rings. The molecule has 0 radical (unpaired) electrons. The number of hydrogen-bond donors (Lipinski definition) is 1. The number of likely N-dealkylation sites (tertiary alicyclic amines) is 1. The normalized spacial score (nSPS) is 22.0. The molecule has 2 aliphatic heterocycles. The predicted octanol–water partition coefficient (Wildman–Crippen LogP) is 2.82. The van der Waals surface area contributed by atoms with Gasteiger partial charge in [-0.25, -0.2) is 4.79 Å². The minimum atomic E-state index is -0.943. The highest BCUT2D eigenvalue weighted by atomic mass is 16.2. The van der Waals surface area contributed by atoms with Gasteiger partial charge in [0.15, 0.2) is 0 Å². The molecule has 4 amide bonds. The predicted molar refractivity (Wildman–Crippen MR) is 125 cm³/mol. The van der Waals surface area contributed by atoms with Gasteiger partial charge in [-0.05, 0) is 70.3 Å². The van der Waals surface area contributed by atoms with Crippen molar-refractivity contribution in [3.8, 4) is 0 Å². The fourth-order valence-electron chi connectivity index (χ4n) is 5.04. The Balaban J connectivity index is 1.83. The van der Waals surface area contributed by atoms with Gasteiger partial charge in [0.05, 0.1) is 0 Å². The summed E-state index contributed by atoms with van der Waals surface area (Å²) in [6, 6.07) is 7.78. The number of amides is 4. The minimum Gasteiger partial charge on any atom is -0.343 e. The maximum Gasteiger partial charge on any atom is 0.325 e. The molecule has 0 unspecified atom stereocenters. The van der Waals surface area contributed by atoms with Crippen molar-refractivity contribution in [3.63, 3.8) is 0 Å². The van der Waals surface area contributed by atoms with E-state index in [0.717, 1.165) is 43.4 Å². The van der Waals surface area contributed by atoms with Gasteiger partial charge in [-0.15, -0.1) is 0 Å². The van der Waals surface area contributed by atoms with E-state index < -0.39 is 5.54 Å². The highest BCUT2D eigenvalue weighted by Crippen LogP contribution is 2.37. The number of carbonyl (C=O) groups is 3. The number of rotatable bonds is 9. The molecule has 2 saturated heterocycles. The van der Waals surface area contributed by atoms with Crippen LogP contribution in [0.3, 0.4) is 0 Å². The molecule has 1 atom stereocenters. The van der Waals surface area contributed by atoms with Crippen LogP contribution >= 0.6 is 0 Å². The summed E-state index contributed by atoms with van der Waals surface area (Å²) >= 11 is 0. The lowest BCUT2D eigenvalue weighted by atomic mass is 9.73. The summed E-state index contributed by atoms with van der Waals surface area (Å²) in [6.45, 7) is 6.59. The van der Waals surface area contributed by atoms with Crippen LogP contribution in [0.4, 0.5) is 4.79 Å². The number of imide groups is 1. The third-order valence-electron chi connectivity index (χ3n) is 6.93. The van der Waals surface area contributed by atoms with Crippen LogP contribution in [0, 0.1) is 12.8 Å². The molecule has 7 nitrogen and oxygen atoms in total. The molecule has 1 aromatic carbocycles. The van der Waals surface area contributed by atoms with Crippen molar-refractivity contribution >= 4 is 17.8 Å². The van der Waals surface area contributed by atoms with Crippen molar-refractivity contribution in [2.75, 3.05) is 40.3 Å². The van der Waals surface area contributed by atoms with E-state index in [1.165, 1.54) is 4.90 Å². The molecule has 0 aliphatic carbocycles. The lowest BCUT2D eigenvalue weighted by Gasteiger charge is -2.41. The van der Waals surface area contributed by atoms with Gasteiger partial charge in [0.2, 0.25) is 5.91 Å². The van der Waals surface area contributed by atoms with Crippen molar-refractivity contribution in [1.29, 1.82) is 0 Å². The number of aryl methyl sites for hydroxylation is 1. The third kappa shape index (κ3) is 5.14. The zero-order valence-electron chi connectivity index (χ0n) is 20.0. The van der Waals surface area contributed by atoms with E-state index in [0.29, 0.717) is 32.5 Å². The van der Waals surface area contributed by atoms with Crippen molar-refractivity contribution in [3.05, 3.63) is 35.4 Å². The number of benzene rings is 1. The Bertz CT molecular complexity index is 832. The molecule has 2 heterocycles. The molecule has 0 aromatic heterocycles. The molecule has 7 heteroatoms. The summed E-state index contributed by atoms with van der Waals surface area (Å²) in [7, 11) is 3.98. The van der Waals surface area contributed by atoms with Gasteiger partial charge in [0.25, 0.3) is 5.91 Å². The number of carbonyl (C=O) groups excluding carboxylic acids is 3. The molecule has 0 bridgehead atoms. The SMILES string of the molecule is CCCC(=O)N1CCC([C@]2(Cc3ccccc3C)NC(=O)N(CCCN(C)C)C2=O)CC1. The van der Waals surface area contributed by atoms with E-state index in [-0.39, 0.29) is 23.8 Å². The minimum absolute atomic E-state index is 0.00285. The highest BCUT2D eigenvalue weighted by Gasteiger charge is 2.55. The Morgan fingerprint density at radius 2 is 1.88 bits per heavy atom. The molecule has 3 rings (SSSR count). The molecular weight excluding hydrogens is 404 g/mol. The Morgan fingerprint density at radius 1 is 1.19 bits per heavy atom. The van der Waals surface area contributed by atoms with Crippen LogP contribution in [-0.2, 0) is 16.0 Å². The van der Waals surface area contributed by atoms with Crippen molar-refractivity contribution < 1.29 is 14.4 Å². The van der Waals surface area contributed by atoms with Crippen LogP contribution in [0.1, 0.15) is 50.2 Å². The Labute approximate surface area is 192 Å².